The number of hydrogen-bond acceptors (Lipinski definition) is 4. The number of aromatic nitrogens is 1. The number of carbonyl (C=O) groups excluding carboxylic acids is 1. The highest BCUT2D eigenvalue weighted by Gasteiger charge is 2.18. The van der Waals surface area contributed by atoms with Crippen molar-refractivity contribution >= 4 is 40.2 Å². The molecule has 2 aromatic heterocycles. The van der Waals surface area contributed by atoms with Crippen molar-refractivity contribution in [1.29, 1.82) is 0 Å². The van der Waals surface area contributed by atoms with Gasteiger partial charge in [-0.1, -0.05) is 36.7 Å². The van der Waals surface area contributed by atoms with Crippen molar-refractivity contribution in [3.8, 4) is 11.3 Å². The van der Waals surface area contributed by atoms with Gasteiger partial charge >= 0.3 is 0 Å². The van der Waals surface area contributed by atoms with Gasteiger partial charge in [0.05, 0.1) is 24.0 Å². The SMILES string of the molecule is CCC(=O)N(Cc1ccco1)Cc1cc2ccc(SC)cc2nc1-c1ccc(Cl)cc1. The molecule has 0 saturated carbocycles. The normalized spacial score (nSPS) is 11.1. The van der Waals surface area contributed by atoms with Gasteiger partial charge in [0, 0.05) is 33.8 Å². The predicted molar refractivity (Wildman–Crippen MR) is 127 cm³/mol. The minimum atomic E-state index is 0.0660. The zero-order chi connectivity index (χ0) is 21.8. The van der Waals surface area contributed by atoms with Crippen molar-refractivity contribution in [2.24, 2.45) is 0 Å². The summed E-state index contributed by atoms with van der Waals surface area (Å²) in [5.41, 5.74) is 3.74. The number of thioether (sulfide) groups is 1. The number of fused-ring (bicyclic) bond motifs is 1. The molecule has 4 aromatic rings. The van der Waals surface area contributed by atoms with Crippen LogP contribution >= 0.6 is 23.4 Å². The Hall–Kier alpha value is -2.76. The van der Waals surface area contributed by atoms with E-state index in [1.54, 1.807) is 18.0 Å². The molecule has 0 aliphatic rings. The van der Waals surface area contributed by atoms with Crippen LogP contribution in [0.4, 0.5) is 0 Å². The van der Waals surface area contributed by atoms with Crippen LogP contribution in [0, 0.1) is 0 Å². The molecule has 158 valence electrons. The lowest BCUT2D eigenvalue weighted by Gasteiger charge is -2.23. The molecule has 4 nitrogen and oxygen atoms in total. The highest BCUT2D eigenvalue weighted by Crippen LogP contribution is 2.30. The van der Waals surface area contributed by atoms with Crippen molar-refractivity contribution in [2.45, 2.75) is 31.3 Å². The molecular formula is C25H23ClN2O2S. The molecule has 0 bridgehead atoms. The molecule has 4 rings (SSSR count). The van der Waals surface area contributed by atoms with Gasteiger partial charge in [-0.3, -0.25) is 4.79 Å². The number of halogens is 1. The van der Waals surface area contributed by atoms with Gasteiger partial charge < -0.3 is 9.32 Å². The average molecular weight is 451 g/mol. The lowest BCUT2D eigenvalue weighted by molar-refractivity contribution is -0.132. The highest BCUT2D eigenvalue weighted by molar-refractivity contribution is 7.98. The second-order valence-corrected chi connectivity index (χ2v) is 8.56. The van der Waals surface area contributed by atoms with Gasteiger partial charge in [-0.2, -0.15) is 0 Å². The number of hydrogen-bond donors (Lipinski definition) is 0. The summed E-state index contributed by atoms with van der Waals surface area (Å²) < 4.78 is 5.49. The Bertz CT molecular complexity index is 1190. The van der Waals surface area contributed by atoms with Crippen LogP contribution in [0.25, 0.3) is 22.2 Å². The summed E-state index contributed by atoms with van der Waals surface area (Å²) in [4.78, 5) is 20.7. The minimum absolute atomic E-state index is 0.0660. The number of nitrogens with zero attached hydrogens (tertiary/aromatic N) is 2. The van der Waals surface area contributed by atoms with Gasteiger partial charge in [-0.15, -0.1) is 11.8 Å². The molecule has 6 heteroatoms. The van der Waals surface area contributed by atoms with Gasteiger partial charge in [0.15, 0.2) is 0 Å². The fourth-order valence-electron chi connectivity index (χ4n) is 3.55. The summed E-state index contributed by atoms with van der Waals surface area (Å²) in [7, 11) is 0. The summed E-state index contributed by atoms with van der Waals surface area (Å²) in [5, 5.41) is 1.73. The number of benzene rings is 2. The summed E-state index contributed by atoms with van der Waals surface area (Å²) >= 11 is 7.80. The first kappa shape index (κ1) is 21.5. The van der Waals surface area contributed by atoms with E-state index in [-0.39, 0.29) is 5.91 Å². The third-order valence-electron chi connectivity index (χ3n) is 5.16. The Labute approximate surface area is 191 Å². The summed E-state index contributed by atoms with van der Waals surface area (Å²) in [6.07, 6.45) is 4.11. The molecule has 0 N–H and O–H groups in total. The molecule has 1 amide bonds. The maximum atomic E-state index is 12.7. The Morgan fingerprint density at radius 3 is 2.58 bits per heavy atom. The first-order valence-electron chi connectivity index (χ1n) is 10.1. The quantitative estimate of drug-likeness (QED) is 0.290. The number of amides is 1. The fourth-order valence-corrected chi connectivity index (χ4v) is 4.11. The molecule has 2 heterocycles. The molecule has 0 fully saturated rings. The van der Waals surface area contributed by atoms with Crippen LogP contribution in [0.15, 0.2) is 76.2 Å². The first-order valence-corrected chi connectivity index (χ1v) is 11.7. The van der Waals surface area contributed by atoms with Crippen LogP contribution in [-0.4, -0.2) is 22.0 Å². The number of carbonyl (C=O) groups is 1. The highest BCUT2D eigenvalue weighted by atomic mass is 35.5. The molecule has 0 radical (unpaired) electrons. The van der Waals surface area contributed by atoms with E-state index < -0.39 is 0 Å². The van der Waals surface area contributed by atoms with Crippen molar-refractivity contribution in [3.05, 3.63) is 83.3 Å². The largest absolute Gasteiger partial charge is 0.467 e. The van der Waals surface area contributed by atoms with Crippen LogP contribution in [0.2, 0.25) is 5.02 Å². The minimum Gasteiger partial charge on any atom is -0.467 e. The molecule has 0 saturated heterocycles. The van der Waals surface area contributed by atoms with E-state index in [0.29, 0.717) is 24.5 Å². The monoisotopic (exact) mass is 450 g/mol. The van der Waals surface area contributed by atoms with Crippen LogP contribution in [0.1, 0.15) is 24.7 Å². The number of furan rings is 1. The molecular weight excluding hydrogens is 428 g/mol. The van der Waals surface area contributed by atoms with Crippen molar-refractivity contribution in [2.75, 3.05) is 6.26 Å². The van der Waals surface area contributed by atoms with E-state index in [0.717, 1.165) is 38.4 Å². The van der Waals surface area contributed by atoms with E-state index in [4.69, 9.17) is 21.0 Å². The van der Waals surface area contributed by atoms with Gasteiger partial charge in [0.25, 0.3) is 0 Å². The van der Waals surface area contributed by atoms with E-state index in [1.807, 2.05) is 48.2 Å². The fraction of sp³-hybridized carbons (Fsp3) is 0.200. The smallest absolute Gasteiger partial charge is 0.222 e. The van der Waals surface area contributed by atoms with Crippen LogP contribution in [-0.2, 0) is 17.9 Å². The second kappa shape index (κ2) is 9.58. The van der Waals surface area contributed by atoms with Crippen molar-refractivity contribution in [1.82, 2.24) is 9.88 Å². The van der Waals surface area contributed by atoms with Gasteiger partial charge in [0.1, 0.15) is 5.76 Å². The van der Waals surface area contributed by atoms with Crippen LogP contribution < -0.4 is 0 Å². The van der Waals surface area contributed by atoms with E-state index in [9.17, 15) is 4.79 Å². The Kier molecular flexibility index (Phi) is 6.64. The molecule has 0 unspecified atom stereocenters. The van der Waals surface area contributed by atoms with Gasteiger partial charge in [0.2, 0.25) is 5.91 Å². The third-order valence-corrected chi connectivity index (χ3v) is 6.14. The number of pyridine rings is 1. The Morgan fingerprint density at radius 1 is 1.10 bits per heavy atom. The Morgan fingerprint density at radius 2 is 1.90 bits per heavy atom. The van der Waals surface area contributed by atoms with Crippen LogP contribution in [0.5, 0.6) is 0 Å². The van der Waals surface area contributed by atoms with Crippen molar-refractivity contribution < 1.29 is 9.21 Å². The van der Waals surface area contributed by atoms with E-state index in [1.165, 1.54) is 0 Å². The third kappa shape index (κ3) is 4.94. The summed E-state index contributed by atoms with van der Waals surface area (Å²) in [6.45, 7) is 2.74. The predicted octanol–water partition coefficient (Wildman–Crippen LogP) is 6.81. The first-order chi connectivity index (χ1) is 15.1. The van der Waals surface area contributed by atoms with E-state index in [2.05, 4.69) is 30.5 Å². The maximum absolute atomic E-state index is 12.7. The standard InChI is InChI=1S/C25H23ClN2O2S/c1-3-24(29)28(16-21-5-4-12-30-21)15-19-13-18-8-11-22(31-2)14-23(18)27-25(19)17-6-9-20(26)10-7-17/h4-14H,3,15-16H2,1-2H3. The molecule has 31 heavy (non-hydrogen) atoms. The molecule has 0 atom stereocenters. The molecule has 0 aliphatic heterocycles. The molecule has 0 spiro atoms. The van der Waals surface area contributed by atoms with Gasteiger partial charge in [-0.25, -0.2) is 4.98 Å². The summed E-state index contributed by atoms with van der Waals surface area (Å²) in [6, 6.07) is 19.8. The van der Waals surface area contributed by atoms with Gasteiger partial charge in [-0.05, 0) is 54.3 Å². The molecule has 2 aromatic carbocycles. The Balaban J connectivity index is 1.80. The topological polar surface area (TPSA) is 46.3 Å². The van der Waals surface area contributed by atoms with Crippen LogP contribution in [0.3, 0.4) is 0 Å². The lowest BCUT2D eigenvalue weighted by Crippen LogP contribution is -2.29. The number of rotatable bonds is 7. The lowest BCUT2D eigenvalue weighted by atomic mass is 10.0. The van der Waals surface area contributed by atoms with Crippen molar-refractivity contribution in [3.63, 3.8) is 0 Å². The zero-order valence-electron chi connectivity index (χ0n) is 17.5. The maximum Gasteiger partial charge on any atom is 0.222 e. The zero-order valence-corrected chi connectivity index (χ0v) is 19.0. The second-order valence-electron chi connectivity index (χ2n) is 7.24. The average Bonchev–Trinajstić information content (AvgIpc) is 3.31. The summed E-state index contributed by atoms with van der Waals surface area (Å²) in [5.74, 6) is 0.824. The van der Waals surface area contributed by atoms with E-state index >= 15 is 0 Å². The molecule has 0 aliphatic carbocycles.